The Morgan fingerprint density at radius 3 is 2.85 bits per heavy atom. The van der Waals surface area contributed by atoms with Crippen LogP contribution in [-0.2, 0) is 7.05 Å². The molecule has 0 aliphatic rings. The van der Waals surface area contributed by atoms with E-state index in [-0.39, 0.29) is 10.1 Å². The van der Waals surface area contributed by atoms with Gasteiger partial charge in [0.2, 0.25) is 0 Å². The number of pyridine rings is 1. The fraction of sp³-hybridized carbons (Fsp3) is 0.143. The average Bonchev–Trinajstić information content (AvgIpc) is 2.31. The third-order valence-corrected chi connectivity index (χ3v) is 2.25. The van der Waals surface area contributed by atoms with Crippen molar-refractivity contribution in [3.63, 3.8) is 0 Å². The number of halogens is 3. The van der Waals surface area contributed by atoms with E-state index in [1.165, 1.54) is 17.8 Å². The van der Waals surface area contributed by atoms with E-state index in [0.717, 1.165) is 0 Å². The van der Waals surface area contributed by atoms with Crippen molar-refractivity contribution >= 4 is 27.0 Å². The van der Waals surface area contributed by atoms with E-state index >= 15 is 0 Å². The summed E-state index contributed by atoms with van der Waals surface area (Å²) in [5.74, 6) is -1.23. The molecule has 0 radical (unpaired) electrons. The van der Waals surface area contributed by atoms with Crippen LogP contribution >= 0.6 is 15.9 Å². The molecular weight excluding hydrogens is 244 g/mol. The van der Waals surface area contributed by atoms with Crippen LogP contribution in [0.1, 0.15) is 0 Å². The molecule has 6 heteroatoms. The van der Waals surface area contributed by atoms with Crippen molar-refractivity contribution in [3.8, 4) is 0 Å². The van der Waals surface area contributed by atoms with Gasteiger partial charge in [-0.1, -0.05) is 0 Å². The maximum absolute atomic E-state index is 13.0. The van der Waals surface area contributed by atoms with Crippen molar-refractivity contribution in [2.75, 3.05) is 0 Å². The van der Waals surface area contributed by atoms with Crippen molar-refractivity contribution in [1.82, 2.24) is 14.8 Å². The van der Waals surface area contributed by atoms with Crippen LogP contribution < -0.4 is 0 Å². The molecule has 0 unspecified atom stereocenters. The number of nitrogens with zero attached hydrogens (tertiary/aromatic N) is 3. The first-order valence-electron chi connectivity index (χ1n) is 3.44. The van der Waals surface area contributed by atoms with E-state index in [9.17, 15) is 8.78 Å². The predicted molar refractivity (Wildman–Crippen MR) is 46.1 cm³/mol. The van der Waals surface area contributed by atoms with Crippen LogP contribution in [0.25, 0.3) is 11.0 Å². The van der Waals surface area contributed by atoms with Gasteiger partial charge in [0.25, 0.3) is 5.95 Å². The molecule has 3 nitrogen and oxygen atoms in total. The molecule has 0 amide bonds. The van der Waals surface area contributed by atoms with Crippen molar-refractivity contribution in [2.45, 2.75) is 0 Å². The molecule has 0 atom stereocenters. The van der Waals surface area contributed by atoms with Gasteiger partial charge in [-0.15, -0.1) is 5.10 Å². The summed E-state index contributed by atoms with van der Waals surface area (Å²) >= 11 is 2.87. The zero-order valence-electron chi connectivity index (χ0n) is 6.55. The average molecular weight is 248 g/mol. The van der Waals surface area contributed by atoms with Crippen LogP contribution in [0.4, 0.5) is 8.78 Å². The van der Waals surface area contributed by atoms with Crippen LogP contribution in [0.5, 0.6) is 0 Å². The molecule has 2 aromatic rings. The first-order chi connectivity index (χ1) is 6.09. The largest absolute Gasteiger partial charge is 0.263 e. The standard InChI is InChI=1S/C7H4BrF2N3/c1-13-4-2-3(9)6(8)11-5(4)7(10)12-13/h2H,1H3. The molecule has 0 aromatic carbocycles. The van der Waals surface area contributed by atoms with Gasteiger partial charge in [0, 0.05) is 13.1 Å². The number of hydrogen-bond donors (Lipinski definition) is 0. The van der Waals surface area contributed by atoms with Gasteiger partial charge in [-0.2, -0.15) is 4.39 Å². The maximum Gasteiger partial charge on any atom is 0.258 e. The van der Waals surface area contributed by atoms with Crippen LogP contribution in [0.2, 0.25) is 0 Å². The first-order valence-corrected chi connectivity index (χ1v) is 4.23. The minimum atomic E-state index is -0.696. The smallest absolute Gasteiger partial charge is 0.258 e. The van der Waals surface area contributed by atoms with Crippen LogP contribution in [0.15, 0.2) is 10.7 Å². The summed E-state index contributed by atoms with van der Waals surface area (Å²) in [4.78, 5) is 3.68. The minimum absolute atomic E-state index is 0.00750. The number of hydrogen-bond acceptors (Lipinski definition) is 2. The van der Waals surface area contributed by atoms with Crippen LogP contribution in [0, 0.1) is 11.8 Å². The summed E-state index contributed by atoms with van der Waals surface area (Å²) < 4.78 is 27.2. The summed E-state index contributed by atoms with van der Waals surface area (Å²) in [6, 6.07) is 1.18. The van der Waals surface area contributed by atoms with Crippen molar-refractivity contribution in [3.05, 3.63) is 22.4 Å². The molecule has 0 aliphatic carbocycles. The van der Waals surface area contributed by atoms with E-state index in [1.807, 2.05) is 0 Å². The molecule has 68 valence electrons. The van der Waals surface area contributed by atoms with Gasteiger partial charge >= 0.3 is 0 Å². The van der Waals surface area contributed by atoms with E-state index in [0.29, 0.717) is 5.52 Å². The fourth-order valence-electron chi connectivity index (χ4n) is 1.09. The maximum atomic E-state index is 13.0. The predicted octanol–water partition coefficient (Wildman–Crippen LogP) is 2.01. The molecular formula is C7H4BrF2N3. The molecule has 0 saturated heterocycles. The number of aromatic nitrogens is 3. The third kappa shape index (κ3) is 1.21. The van der Waals surface area contributed by atoms with Crippen molar-refractivity contribution in [1.29, 1.82) is 0 Å². The van der Waals surface area contributed by atoms with Gasteiger partial charge in [0.1, 0.15) is 10.1 Å². The first kappa shape index (κ1) is 8.55. The van der Waals surface area contributed by atoms with Gasteiger partial charge in [0.15, 0.2) is 5.82 Å². The van der Waals surface area contributed by atoms with Gasteiger partial charge in [0.05, 0.1) is 5.52 Å². The summed E-state index contributed by atoms with van der Waals surface area (Å²) in [5.41, 5.74) is 0.397. The Balaban J connectivity index is 2.91. The number of rotatable bonds is 0. The van der Waals surface area contributed by atoms with E-state index < -0.39 is 11.8 Å². The SMILES string of the molecule is Cn1nc(F)c2nc(Br)c(F)cc21. The monoisotopic (exact) mass is 247 g/mol. The molecule has 2 aromatic heterocycles. The molecule has 0 N–H and O–H groups in total. The molecule has 13 heavy (non-hydrogen) atoms. The van der Waals surface area contributed by atoms with E-state index in [1.54, 1.807) is 0 Å². The van der Waals surface area contributed by atoms with Gasteiger partial charge in [-0.05, 0) is 15.9 Å². The molecule has 0 spiro atoms. The second kappa shape index (κ2) is 2.73. The van der Waals surface area contributed by atoms with E-state index in [2.05, 4.69) is 26.0 Å². The molecule has 2 rings (SSSR count). The zero-order chi connectivity index (χ0) is 9.59. The molecule has 0 aliphatic heterocycles. The lowest BCUT2D eigenvalue weighted by molar-refractivity contribution is 0.560. The Bertz CT molecular complexity index is 438. The van der Waals surface area contributed by atoms with Crippen LogP contribution in [-0.4, -0.2) is 14.8 Å². The fourth-order valence-corrected chi connectivity index (χ4v) is 1.38. The highest BCUT2D eigenvalue weighted by Crippen LogP contribution is 2.20. The second-order valence-corrected chi connectivity index (χ2v) is 3.29. The van der Waals surface area contributed by atoms with Crippen molar-refractivity contribution < 1.29 is 8.78 Å². The third-order valence-electron chi connectivity index (χ3n) is 1.69. The Labute approximate surface area is 80.5 Å². The van der Waals surface area contributed by atoms with Gasteiger partial charge in [-0.3, -0.25) is 4.68 Å². The Morgan fingerprint density at radius 1 is 1.46 bits per heavy atom. The quantitative estimate of drug-likeness (QED) is 0.667. The minimum Gasteiger partial charge on any atom is -0.263 e. The molecule has 0 saturated carbocycles. The summed E-state index contributed by atoms with van der Waals surface area (Å²) in [7, 11) is 1.53. The number of aryl methyl sites for hydroxylation is 1. The second-order valence-electron chi connectivity index (χ2n) is 2.54. The normalized spacial score (nSPS) is 11.1. The van der Waals surface area contributed by atoms with Gasteiger partial charge < -0.3 is 0 Å². The lowest BCUT2D eigenvalue weighted by Crippen LogP contribution is -1.91. The van der Waals surface area contributed by atoms with Crippen LogP contribution in [0.3, 0.4) is 0 Å². The lowest BCUT2D eigenvalue weighted by atomic mass is 10.4. The van der Waals surface area contributed by atoms with Gasteiger partial charge in [-0.25, -0.2) is 9.37 Å². The summed E-state index contributed by atoms with van der Waals surface area (Å²) in [5, 5.41) is 3.47. The Morgan fingerprint density at radius 2 is 2.15 bits per heavy atom. The summed E-state index contributed by atoms with van der Waals surface area (Å²) in [6.45, 7) is 0. The highest BCUT2D eigenvalue weighted by molar-refractivity contribution is 9.10. The Hall–Kier alpha value is -1.04. The molecule has 0 bridgehead atoms. The lowest BCUT2D eigenvalue weighted by Gasteiger charge is -1.94. The molecule has 0 fully saturated rings. The topological polar surface area (TPSA) is 30.7 Å². The zero-order valence-corrected chi connectivity index (χ0v) is 8.14. The highest BCUT2D eigenvalue weighted by atomic mass is 79.9. The summed E-state index contributed by atoms with van der Waals surface area (Å²) in [6.07, 6.45) is 0. The van der Waals surface area contributed by atoms with Crippen molar-refractivity contribution in [2.24, 2.45) is 7.05 Å². The number of fused-ring (bicyclic) bond motifs is 1. The van der Waals surface area contributed by atoms with E-state index in [4.69, 9.17) is 0 Å². The Kier molecular flexibility index (Phi) is 1.80. The highest BCUT2D eigenvalue weighted by Gasteiger charge is 2.12. The molecule has 2 heterocycles.